The summed E-state index contributed by atoms with van der Waals surface area (Å²) in [5.74, 6) is 0.799. The molecule has 0 aliphatic carbocycles. The summed E-state index contributed by atoms with van der Waals surface area (Å²) in [6.07, 6.45) is 3.90. The molecular weight excluding hydrogens is 244 g/mol. The topological polar surface area (TPSA) is 24.1 Å². The molecule has 2 unspecified atom stereocenters. The van der Waals surface area contributed by atoms with Gasteiger partial charge in [0, 0.05) is 6.04 Å². The molecule has 1 saturated heterocycles. The zero-order valence-electron chi connectivity index (χ0n) is 12.2. The summed E-state index contributed by atoms with van der Waals surface area (Å²) < 4.78 is 0. The third kappa shape index (κ3) is 3.02. The lowest BCUT2D eigenvalue weighted by atomic mass is 9.89. The van der Waals surface area contributed by atoms with E-state index in [4.69, 9.17) is 0 Å². The molecule has 2 aromatic carbocycles. The zero-order valence-corrected chi connectivity index (χ0v) is 12.2. The molecule has 20 heavy (non-hydrogen) atoms. The summed E-state index contributed by atoms with van der Waals surface area (Å²) in [5.41, 5.74) is 1.41. The maximum Gasteiger partial charge on any atom is 0.0320 e. The largest absolute Gasteiger partial charge is 0.316 e. The van der Waals surface area contributed by atoms with Crippen LogP contribution in [-0.4, -0.2) is 20.1 Å². The van der Waals surface area contributed by atoms with Crippen molar-refractivity contribution >= 4 is 10.8 Å². The van der Waals surface area contributed by atoms with Crippen molar-refractivity contribution in [2.45, 2.75) is 25.3 Å². The first-order valence-electron chi connectivity index (χ1n) is 7.73. The van der Waals surface area contributed by atoms with Crippen molar-refractivity contribution in [1.29, 1.82) is 0 Å². The van der Waals surface area contributed by atoms with E-state index in [1.807, 2.05) is 0 Å². The van der Waals surface area contributed by atoms with Crippen molar-refractivity contribution in [1.82, 2.24) is 10.6 Å². The van der Waals surface area contributed by atoms with Gasteiger partial charge in [0.15, 0.2) is 0 Å². The average molecular weight is 268 g/mol. The number of nitrogens with one attached hydrogen (secondary N) is 2. The summed E-state index contributed by atoms with van der Waals surface area (Å²) in [4.78, 5) is 0. The van der Waals surface area contributed by atoms with E-state index in [0.29, 0.717) is 6.04 Å². The lowest BCUT2D eigenvalue weighted by Gasteiger charge is -2.27. The van der Waals surface area contributed by atoms with Gasteiger partial charge in [0.2, 0.25) is 0 Å². The van der Waals surface area contributed by atoms with Gasteiger partial charge in [-0.1, -0.05) is 36.4 Å². The standard InChI is InChI=1S/C18H24N2/c1-19-18(11-14-5-4-10-20-13-14)17-9-8-15-6-2-3-7-16(15)12-17/h2-3,6-9,12,14,18-20H,4-5,10-11,13H2,1H3. The molecule has 106 valence electrons. The predicted molar refractivity (Wildman–Crippen MR) is 86.0 cm³/mol. The minimum absolute atomic E-state index is 0.463. The van der Waals surface area contributed by atoms with Crippen molar-refractivity contribution in [3.8, 4) is 0 Å². The van der Waals surface area contributed by atoms with Crippen LogP contribution < -0.4 is 10.6 Å². The van der Waals surface area contributed by atoms with Gasteiger partial charge in [-0.25, -0.2) is 0 Å². The van der Waals surface area contributed by atoms with E-state index in [-0.39, 0.29) is 0 Å². The first kappa shape index (κ1) is 13.6. The van der Waals surface area contributed by atoms with Gasteiger partial charge in [-0.2, -0.15) is 0 Å². The molecule has 1 aliphatic heterocycles. The molecule has 0 spiro atoms. The second kappa shape index (κ2) is 6.38. The smallest absolute Gasteiger partial charge is 0.0320 e. The molecule has 0 radical (unpaired) electrons. The maximum atomic E-state index is 3.52. The van der Waals surface area contributed by atoms with Gasteiger partial charge in [0.25, 0.3) is 0 Å². The molecule has 1 fully saturated rings. The van der Waals surface area contributed by atoms with Gasteiger partial charge in [-0.3, -0.25) is 0 Å². The number of hydrogen-bond acceptors (Lipinski definition) is 2. The quantitative estimate of drug-likeness (QED) is 0.887. The van der Waals surface area contributed by atoms with Crippen LogP contribution in [0.15, 0.2) is 42.5 Å². The van der Waals surface area contributed by atoms with Crippen LogP contribution >= 0.6 is 0 Å². The van der Waals surface area contributed by atoms with E-state index >= 15 is 0 Å². The van der Waals surface area contributed by atoms with Crippen molar-refractivity contribution < 1.29 is 0 Å². The molecule has 2 aromatic rings. The van der Waals surface area contributed by atoms with Crippen molar-refractivity contribution in [3.63, 3.8) is 0 Å². The lowest BCUT2D eigenvalue weighted by molar-refractivity contribution is 0.322. The first-order chi connectivity index (χ1) is 9.86. The number of hydrogen-bond donors (Lipinski definition) is 2. The Hall–Kier alpha value is -1.38. The Morgan fingerprint density at radius 3 is 2.80 bits per heavy atom. The zero-order chi connectivity index (χ0) is 13.8. The Labute approximate surface area is 121 Å². The molecule has 0 amide bonds. The molecular formula is C18H24N2. The summed E-state index contributed by atoms with van der Waals surface area (Å²) in [5, 5.41) is 9.68. The number of fused-ring (bicyclic) bond motifs is 1. The van der Waals surface area contributed by atoms with Crippen LogP contribution in [0.1, 0.15) is 30.9 Å². The predicted octanol–water partition coefficient (Wildman–Crippen LogP) is 3.49. The minimum Gasteiger partial charge on any atom is -0.316 e. The molecule has 2 heteroatoms. The van der Waals surface area contributed by atoms with Crippen LogP contribution in [0, 0.1) is 5.92 Å². The highest BCUT2D eigenvalue weighted by Gasteiger charge is 2.19. The minimum atomic E-state index is 0.463. The highest BCUT2D eigenvalue weighted by Crippen LogP contribution is 2.27. The summed E-state index contributed by atoms with van der Waals surface area (Å²) in [6, 6.07) is 15.9. The van der Waals surface area contributed by atoms with Crippen LogP contribution in [0.2, 0.25) is 0 Å². The molecule has 2 N–H and O–H groups in total. The van der Waals surface area contributed by atoms with E-state index in [9.17, 15) is 0 Å². The third-order valence-electron chi connectivity index (χ3n) is 4.49. The van der Waals surface area contributed by atoms with Crippen LogP contribution in [0.5, 0.6) is 0 Å². The van der Waals surface area contributed by atoms with E-state index in [1.54, 1.807) is 0 Å². The van der Waals surface area contributed by atoms with Crippen molar-refractivity contribution in [2.75, 3.05) is 20.1 Å². The number of piperidine rings is 1. The van der Waals surface area contributed by atoms with Crippen molar-refractivity contribution in [2.24, 2.45) is 5.92 Å². The molecule has 0 bridgehead atoms. The van der Waals surface area contributed by atoms with Crippen LogP contribution in [0.25, 0.3) is 10.8 Å². The average Bonchev–Trinajstić information content (AvgIpc) is 2.53. The second-order valence-electron chi connectivity index (χ2n) is 5.90. The fourth-order valence-corrected chi connectivity index (χ4v) is 3.30. The normalized spacial score (nSPS) is 20.9. The summed E-state index contributed by atoms with van der Waals surface area (Å²) in [7, 11) is 2.08. The van der Waals surface area contributed by atoms with Crippen LogP contribution in [0.4, 0.5) is 0 Å². The Kier molecular flexibility index (Phi) is 4.34. The Morgan fingerprint density at radius 1 is 1.20 bits per heavy atom. The van der Waals surface area contributed by atoms with Gasteiger partial charge in [-0.05, 0) is 67.7 Å². The second-order valence-corrected chi connectivity index (χ2v) is 5.90. The maximum absolute atomic E-state index is 3.52. The molecule has 0 saturated carbocycles. The highest BCUT2D eigenvalue weighted by atomic mass is 14.9. The molecule has 2 atom stereocenters. The van der Waals surface area contributed by atoms with Crippen molar-refractivity contribution in [3.05, 3.63) is 48.0 Å². The third-order valence-corrected chi connectivity index (χ3v) is 4.49. The highest BCUT2D eigenvalue weighted by molar-refractivity contribution is 5.83. The molecule has 3 rings (SSSR count). The summed E-state index contributed by atoms with van der Waals surface area (Å²) in [6.45, 7) is 2.36. The first-order valence-corrected chi connectivity index (χ1v) is 7.73. The van der Waals surface area contributed by atoms with E-state index < -0.39 is 0 Å². The van der Waals surface area contributed by atoms with E-state index in [0.717, 1.165) is 5.92 Å². The van der Waals surface area contributed by atoms with Gasteiger partial charge in [0.05, 0.1) is 0 Å². The lowest BCUT2D eigenvalue weighted by Crippen LogP contribution is -2.32. The van der Waals surface area contributed by atoms with Crippen LogP contribution in [0.3, 0.4) is 0 Å². The summed E-state index contributed by atoms with van der Waals surface area (Å²) >= 11 is 0. The molecule has 2 nitrogen and oxygen atoms in total. The van der Waals surface area contributed by atoms with Gasteiger partial charge in [-0.15, -0.1) is 0 Å². The van der Waals surface area contributed by atoms with Gasteiger partial charge < -0.3 is 10.6 Å². The Balaban J connectivity index is 1.79. The van der Waals surface area contributed by atoms with E-state index in [1.165, 1.54) is 48.7 Å². The fraction of sp³-hybridized carbons (Fsp3) is 0.444. The number of rotatable bonds is 4. The number of benzene rings is 2. The van der Waals surface area contributed by atoms with Gasteiger partial charge in [0.1, 0.15) is 0 Å². The monoisotopic (exact) mass is 268 g/mol. The Bertz CT molecular complexity index is 558. The molecule has 1 aliphatic rings. The Morgan fingerprint density at radius 2 is 2.05 bits per heavy atom. The van der Waals surface area contributed by atoms with Crippen LogP contribution in [-0.2, 0) is 0 Å². The molecule has 0 aromatic heterocycles. The molecule has 1 heterocycles. The fourth-order valence-electron chi connectivity index (χ4n) is 3.30. The SMILES string of the molecule is CNC(CC1CCCNC1)c1ccc2ccccc2c1. The van der Waals surface area contributed by atoms with E-state index in [2.05, 4.69) is 60.1 Å². The van der Waals surface area contributed by atoms with Gasteiger partial charge >= 0.3 is 0 Å².